The number of piperidine rings is 1. The zero-order chi connectivity index (χ0) is 17.9. The minimum absolute atomic E-state index is 0.0475. The summed E-state index contributed by atoms with van der Waals surface area (Å²) in [7, 11) is 0. The van der Waals surface area contributed by atoms with Gasteiger partial charge in [0.25, 0.3) is 0 Å². The lowest BCUT2D eigenvalue weighted by Gasteiger charge is -2.34. The van der Waals surface area contributed by atoms with Crippen LogP contribution in [0.2, 0.25) is 0 Å². The van der Waals surface area contributed by atoms with Crippen molar-refractivity contribution in [3.8, 4) is 5.75 Å². The molecule has 0 N–H and O–H groups in total. The average Bonchev–Trinajstić information content (AvgIpc) is 2.83. The van der Waals surface area contributed by atoms with Crippen LogP contribution in [0.25, 0.3) is 0 Å². The van der Waals surface area contributed by atoms with Crippen molar-refractivity contribution in [1.82, 2.24) is 4.90 Å². The summed E-state index contributed by atoms with van der Waals surface area (Å²) in [5.74, 6) is 1.72. The van der Waals surface area contributed by atoms with E-state index in [1.807, 2.05) is 25.1 Å². The Kier molecular flexibility index (Phi) is 5.07. The quantitative estimate of drug-likeness (QED) is 0.819. The molecule has 2 aromatic carbocycles. The first kappa shape index (κ1) is 17.3. The highest BCUT2D eigenvalue weighted by Crippen LogP contribution is 2.31. The van der Waals surface area contributed by atoms with Gasteiger partial charge in [0.1, 0.15) is 5.75 Å². The van der Waals surface area contributed by atoms with Crippen LogP contribution in [-0.4, -0.2) is 36.9 Å². The largest absolute Gasteiger partial charge is 0.493 e. The minimum Gasteiger partial charge on any atom is -0.493 e. The molecule has 0 spiro atoms. The fourth-order valence-corrected chi connectivity index (χ4v) is 4.28. The summed E-state index contributed by atoms with van der Waals surface area (Å²) in [4.78, 5) is 15.5. The predicted octanol–water partition coefficient (Wildman–Crippen LogP) is 4.46. The van der Waals surface area contributed by atoms with Gasteiger partial charge in [-0.15, -0.1) is 0 Å². The predicted molar refractivity (Wildman–Crippen MR) is 104 cm³/mol. The molecule has 0 saturated carbocycles. The van der Waals surface area contributed by atoms with Gasteiger partial charge in [0, 0.05) is 12.5 Å². The second kappa shape index (κ2) is 7.63. The smallest absolute Gasteiger partial charge is 0.171 e. The summed E-state index contributed by atoms with van der Waals surface area (Å²) in [5, 5.41) is 0. The number of carbonyl (C=O) groups excluding carboxylic acids is 1. The third-order valence-electron chi connectivity index (χ3n) is 5.83. The summed E-state index contributed by atoms with van der Waals surface area (Å²) in [6, 6.07) is 16.8. The van der Waals surface area contributed by atoms with Crippen LogP contribution in [0.4, 0.5) is 0 Å². The number of likely N-dealkylation sites (tertiary alicyclic amines) is 1. The minimum atomic E-state index is 0.0475. The molecule has 2 aromatic rings. The van der Waals surface area contributed by atoms with Gasteiger partial charge in [0.05, 0.1) is 12.2 Å². The zero-order valence-electron chi connectivity index (χ0n) is 15.5. The molecule has 0 aromatic heterocycles. The maximum Gasteiger partial charge on any atom is 0.171 e. The Morgan fingerprint density at radius 3 is 2.58 bits per heavy atom. The topological polar surface area (TPSA) is 29.5 Å². The molecule has 3 heteroatoms. The number of ether oxygens (including phenoxy) is 1. The first-order valence-corrected chi connectivity index (χ1v) is 9.75. The molecule has 1 unspecified atom stereocenters. The van der Waals surface area contributed by atoms with E-state index in [1.54, 1.807) is 0 Å². The highest BCUT2D eigenvalue weighted by molar-refractivity contribution is 6.00. The van der Waals surface area contributed by atoms with Crippen LogP contribution >= 0.6 is 0 Å². The van der Waals surface area contributed by atoms with Crippen LogP contribution in [0.1, 0.15) is 46.7 Å². The van der Waals surface area contributed by atoms with Crippen LogP contribution in [0.5, 0.6) is 5.75 Å². The van der Waals surface area contributed by atoms with Gasteiger partial charge in [0.2, 0.25) is 0 Å². The third-order valence-corrected chi connectivity index (χ3v) is 5.83. The van der Waals surface area contributed by atoms with Crippen molar-refractivity contribution < 1.29 is 9.53 Å². The Labute approximate surface area is 156 Å². The first-order valence-electron chi connectivity index (χ1n) is 9.75. The van der Waals surface area contributed by atoms with E-state index in [2.05, 4.69) is 35.2 Å². The third kappa shape index (κ3) is 3.68. The van der Waals surface area contributed by atoms with Crippen molar-refractivity contribution in [2.75, 3.05) is 26.2 Å². The Balaban J connectivity index is 1.39. The van der Waals surface area contributed by atoms with Crippen molar-refractivity contribution >= 4 is 5.78 Å². The molecule has 0 radical (unpaired) electrons. The summed E-state index contributed by atoms with van der Waals surface area (Å²) in [6.45, 7) is 5.67. The van der Waals surface area contributed by atoms with E-state index >= 15 is 0 Å². The van der Waals surface area contributed by atoms with Crippen LogP contribution < -0.4 is 4.74 Å². The summed E-state index contributed by atoms with van der Waals surface area (Å²) >= 11 is 0. The molecule has 0 aliphatic carbocycles. The van der Waals surface area contributed by atoms with Crippen LogP contribution in [0.15, 0.2) is 48.5 Å². The van der Waals surface area contributed by atoms with Gasteiger partial charge in [-0.1, -0.05) is 42.0 Å². The summed E-state index contributed by atoms with van der Waals surface area (Å²) in [6.07, 6.45) is 3.17. The fourth-order valence-electron chi connectivity index (χ4n) is 4.28. The Bertz CT molecular complexity index is 763. The number of aryl methyl sites for hydroxylation is 1. The fraction of sp³-hybridized carbons (Fsp3) is 0.435. The summed E-state index contributed by atoms with van der Waals surface area (Å²) in [5.41, 5.74) is 3.34. The summed E-state index contributed by atoms with van der Waals surface area (Å²) < 4.78 is 5.83. The highest BCUT2D eigenvalue weighted by atomic mass is 16.5. The van der Waals surface area contributed by atoms with Gasteiger partial charge >= 0.3 is 0 Å². The van der Waals surface area contributed by atoms with E-state index in [0.717, 1.165) is 42.9 Å². The molecule has 1 saturated heterocycles. The number of nitrogens with zero attached hydrogens (tertiary/aromatic N) is 1. The van der Waals surface area contributed by atoms with Gasteiger partial charge in [-0.3, -0.25) is 4.79 Å². The molecule has 1 atom stereocenters. The molecule has 3 nitrogen and oxygen atoms in total. The second-order valence-corrected chi connectivity index (χ2v) is 7.68. The van der Waals surface area contributed by atoms with Crippen molar-refractivity contribution in [3.63, 3.8) is 0 Å². The van der Waals surface area contributed by atoms with Gasteiger partial charge < -0.3 is 9.64 Å². The van der Waals surface area contributed by atoms with Crippen LogP contribution in [-0.2, 0) is 0 Å². The molecule has 2 aliphatic rings. The number of carbonyl (C=O) groups is 1. The Hall–Kier alpha value is -2.13. The second-order valence-electron chi connectivity index (χ2n) is 7.68. The molecule has 26 heavy (non-hydrogen) atoms. The zero-order valence-corrected chi connectivity index (χ0v) is 15.5. The molecule has 136 valence electrons. The average molecular weight is 349 g/mol. The van der Waals surface area contributed by atoms with Gasteiger partial charge in [-0.2, -0.15) is 0 Å². The van der Waals surface area contributed by atoms with Gasteiger partial charge in [-0.25, -0.2) is 0 Å². The first-order chi connectivity index (χ1) is 12.7. The number of benzene rings is 2. The lowest BCUT2D eigenvalue weighted by Crippen LogP contribution is -2.38. The van der Waals surface area contributed by atoms with Crippen LogP contribution in [0.3, 0.4) is 0 Å². The maximum atomic E-state index is 13.0. The monoisotopic (exact) mass is 349 g/mol. The van der Waals surface area contributed by atoms with Gasteiger partial charge in [-0.05, 0) is 62.9 Å². The van der Waals surface area contributed by atoms with E-state index in [0.29, 0.717) is 12.5 Å². The Morgan fingerprint density at radius 2 is 1.81 bits per heavy atom. The van der Waals surface area contributed by atoms with Crippen molar-refractivity contribution in [1.29, 1.82) is 0 Å². The molecule has 0 bridgehead atoms. The molecule has 4 rings (SSSR count). The van der Waals surface area contributed by atoms with E-state index < -0.39 is 0 Å². The normalized spacial score (nSPS) is 21.7. The lowest BCUT2D eigenvalue weighted by molar-refractivity contribution is 0.0854. The number of ketones is 1. The standard InChI is InChI=1S/C23H27NO2/c1-17-7-8-22-21(15-17)23(25)20(11-14-26-22)16-24-12-9-19(10-13-24)18-5-3-2-4-6-18/h2-8,15,19-20H,9-14,16H2,1H3. The van der Waals surface area contributed by atoms with Crippen molar-refractivity contribution in [2.45, 2.75) is 32.1 Å². The molecular formula is C23H27NO2. The van der Waals surface area contributed by atoms with E-state index in [1.165, 1.54) is 18.4 Å². The number of fused-ring (bicyclic) bond motifs is 1. The van der Waals surface area contributed by atoms with E-state index in [4.69, 9.17) is 4.74 Å². The van der Waals surface area contributed by atoms with Gasteiger partial charge in [0.15, 0.2) is 5.78 Å². The molecule has 2 aliphatic heterocycles. The molecule has 1 fully saturated rings. The van der Waals surface area contributed by atoms with Crippen molar-refractivity contribution in [3.05, 3.63) is 65.2 Å². The maximum absolute atomic E-state index is 13.0. The number of Topliss-reactive ketones (excluding diaryl/α,β-unsaturated/α-hetero) is 1. The molecule has 2 heterocycles. The highest BCUT2D eigenvalue weighted by Gasteiger charge is 2.30. The van der Waals surface area contributed by atoms with Crippen molar-refractivity contribution in [2.24, 2.45) is 5.92 Å². The number of rotatable bonds is 3. The van der Waals surface area contributed by atoms with E-state index in [-0.39, 0.29) is 11.7 Å². The van der Waals surface area contributed by atoms with Crippen LogP contribution in [0, 0.1) is 12.8 Å². The lowest BCUT2D eigenvalue weighted by atomic mass is 9.88. The molecule has 0 amide bonds. The molecular weight excluding hydrogens is 322 g/mol. The number of hydrogen-bond acceptors (Lipinski definition) is 3. The number of hydrogen-bond donors (Lipinski definition) is 0. The SMILES string of the molecule is Cc1ccc2c(c1)C(=O)C(CN1CCC(c3ccccc3)CC1)CCO2. The van der Waals surface area contributed by atoms with E-state index in [9.17, 15) is 4.79 Å². The Morgan fingerprint density at radius 1 is 1.04 bits per heavy atom.